The first-order valence-corrected chi connectivity index (χ1v) is 7.61. The molecule has 1 aliphatic rings. The number of ether oxygens (including phenoxy) is 1. The lowest BCUT2D eigenvalue weighted by atomic mass is 9.98. The lowest BCUT2D eigenvalue weighted by Gasteiger charge is -2.29. The Hall–Kier alpha value is -1.39. The molecule has 4 heteroatoms. The highest BCUT2D eigenvalue weighted by molar-refractivity contribution is 9.10. The highest BCUT2D eigenvalue weighted by Gasteiger charge is 2.23. The molecule has 1 N–H and O–H groups in total. The third-order valence-corrected chi connectivity index (χ3v) is 4.16. The lowest BCUT2D eigenvalue weighted by molar-refractivity contribution is 0.246. The van der Waals surface area contributed by atoms with Gasteiger partial charge < -0.3 is 10.1 Å². The maximum absolute atomic E-state index is 5.73. The number of halogens is 1. The number of hydrogen-bond acceptors (Lipinski definition) is 3. The summed E-state index contributed by atoms with van der Waals surface area (Å²) in [4.78, 5) is 4.07. The first-order chi connectivity index (χ1) is 9.74. The molecule has 0 fully saturated rings. The summed E-state index contributed by atoms with van der Waals surface area (Å²) in [5, 5.41) is 3.69. The number of pyridine rings is 1. The number of hydrogen-bond donors (Lipinski definition) is 1. The molecular weight excluding hydrogens is 316 g/mol. The first-order valence-electron chi connectivity index (χ1n) is 6.82. The van der Waals surface area contributed by atoms with Crippen molar-refractivity contribution in [3.8, 4) is 5.75 Å². The normalized spacial score (nSPS) is 19.0. The van der Waals surface area contributed by atoms with E-state index >= 15 is 0 Å². The van der Waals surface area contributed by atoms with Crippen LogP contribution in [0.1, 0.15) is 36.6 Å². The SMILES string of the molecule is C[C@@H](NC1CCOc2ccc(Br)cc21)c1ccncc1. The first kappa shape index (κ1) is 13.6. The summed E-state index contributed by atoms with van der Waals surface area (Å²) >= 11 is 3.54. The molecule has 3 rings (SSSR count). The van der Waals surface area contributed by atoms with Gasteiger partial charge in [0.1, 0.15) is 5.75 Å². The molecule has 0 aliphatic carbocycles. The van der Waals surface area contributed by atoms with E-state index in [2.05, 4.69) is 51.4 Å². The van der Waals surface area contributed by atoms with E-state index in [1.54, 1.807) is 0 Å². The second-order valence-corrected chi connectivity index (χ2v) is 5.96. The zero-order valence-corrected chi connectivity index (χ0v) is 12.9. The number of nitrogens with one attached hydrogen (secondary N) is 1. The fourth-order valence-electron chi connectivity index (χ4n) is 2.59. The monoisotopic (exact) mass is 332 g/mol. The second kappa shape index (κ2) is 5.94. The van der Waals surface area contributed by atoms with Gasteiger partial charge >= 0.3 is 0 Å². The molecule has 0 saturated carbocycles. The van der Waals surface area contributed by atoms with Crippen molar-refractivity contribution in [2.75, 3.05) is 6.61 Å². The quantitative estimate of drug-likeness (QED) is 0.921. The summed E-state index contributed by atoms with van der Waals surface area (Å²) in [5.74, 6) is 0.985. The molecule has 2 atom stereocenters. The van der Waals surface area contributed by atoms with E-state index in [-0.39, 0.29) is 6.04 Å². The summed E-state index contributed by atoms with van der Waals surface area (Å²) in [5.41, 5.74) is 2.48. The average Bonchev–Trinajstić information content (AvgIpc) is 2.49. The molecule has 2 aromatic rings. The van der Waals surface area contributed by atoms with Crippen molar-refractivity contribution in [2.24, 2.45) is 0 Å². The Bertz CT molecular complexity index is 588. The van der Waals surface area contributed by atoms with Crippen molar-refractivity contribution in [2.45, 2.75) is 25.4 Å². The molecule has 0 amide bonds. The van der Waals surface area contributed by atoms with Gasteiger partial charge in [-0.05, 0) is 42.8 Å². The molecule has 0 spiro atoms. The van der Waals surface area contributed by atoms with E-state index in [4.69, 9.17) is 4.74 Å². The molecule has 1 aromatic carbocycles. The fourth-order valence-corrected chi connectivity index (χ4v) is 2.97. The summed E-state index contributed by atoms with van der Waals surface area (Å²) in [7, 11) is 0. The Morgan fingerprint density at radius 1 is 1.30 bits per heavy atom. The van der Waals surface area contributed by atoms with E-state index in [1.807, 2.05) is 24.5 Å². The van der Waals surface area contributed by atoms with Gasteiger partial charge in [0.05, 0.1) is 6.61 Å². The van der Waals surface area contributed by atoms with Gasteiger partial charge in [-0.25, -0.2) is 0 Å². The third-order valence-electron chi connectivity index (χ3n) is 3.67. The van der Waals surface area contributed by atoms with Crippen LogP contribution in [0.25, 0.3) is 0 Å². The topological polar surface area (TPSA) is 34.1 Å². The van der Waals surface area contributed by atoms with Crippen LogP contribution in [-0.2, 0) is 0 Å². The minimum Gasteiger partial charge on any atom is -0.493 e. The number of rotatable bonds is 3. The van der Waals surface area contributed by atoms with E-state index < -0.39 is 0 Å². The zero-order valence-electron chi connectivity index (χ0n) is 11.3. The molecule has 2 heterocycles. The average molecular weight is 333 g/mol. The zero-order chi connectivity index (χ0) is 13.9. The Labute approximate surface area is 127 Å². The number of benzene rings is 1. The highest BCUT2D eigenvalue weighted by Crippen LogP contribution is 2.35. The van der Waals surface area contributed by atoms with Gasteiger partial charge in [-0.15, -0.1) is 0 Å². The lowest BCUT2D eigenvalue weighted by Crippen LogP contribution is -2.29. The van der Waals surface area contributed by atoms with Crippen LogP contribution in [0.4, 0.5) is 0 Å². The summed E-state index contributed by atoms with van der Waals surface area (Å²) in [6.07, 6.45) is 4.66. The van der Waals surface area contributed by atoms with Crippen LogP contribution in [0.3, 0.4) is 0 Å². The van der Waals surface area contributed by atoms with Crippen molar-refractivity contribution < 1.29 is 4.74 Å². The molecule has 3 nitrogen and oxygen atoms in total. The van der Waals surface area contributed by atoms with Gasteiger partial charge in [-0.1, -0.05) is 15.9 Å². The third kappa shape index (κ3) is 2.86. The molecule has 1 unspecified atom stereocenters. The Morgan fingerprint density at radius 3 is 2.90 bits per heavy atom. The number of aromatic nitrogens is 1. The molecular formula is C16H17BrN2O. The predicted octanol–water partition coefficient (Wildman–Crippen LogP) is 4.02. The highest BCUT2D eigenvalue weighted by atomic mass is 79.9. The number of nitrogens with zero attached hydrogens (tertiary/aromatic N) is 1. The minimum absolute atomic E-state index is 0.285. The smallest absolute Gasteiger partial charge is 0.124 e. The van der Waals surface area contributed by atoms with Crippen LogP contribution >= 0.6 is 15.9 Å². The van der Waals surface area contributed by atoms with Crippen molar-refractivity contribution in [1.82, 2.24) is 10.3 Å². The molecule has 0 radical (unpaired) electrons. The van der Waals surface area contributed by atoms with Gasteiger partial charge in [0, 0.05) is 40.9 Å². The van der Waals surface area contributed by atoms with Gasteiger partial charge in [0.15, 0.2) is 0 Å². The maximum atomic E-state index is 5.73. The second-order valence-electron chi connectivity index (χ2n) is 5.04. The Balaban J connectivity index is 1.81. The molecule has 20 heavy (non-hydrogen) atoms. The summed E-state index contributed by atoms with van der Waals surface area (Å²) in [6.45, 7) is 2.94. The summed E-state index contributed by atoms with van der Waals surface area (Å²) in [6, 6.07) is 10.9. The Morgan fingerprint density at radius 2 is 2.10 bits per heavy atom. The maximum Gasteiger partial charge on any atom is 0.124 e. The van der Waals surface area contributed by atoms with E-state index in [0.717, 1.165) is 23.2 Å². The van der Waals surface area contributed by atoms with Gasteiger partial charge in [0.2, 0.25) is 0 Å². The molecule has 104 valence electrons. The standard InChI is InChI=1S/C16H17BrN2O/c1-11(12-4-7-18-8-5-12)19-15-6-9-20-16-3-2-13(17)10-14(15)16/h2-5,7-8,10-11,15,19H,6,9H2,1H3/t11-,15?/m1/s1. The number of fused-ring (bicyclic) bond motifs is 1. The molecule has 1 aliphatic heterocycles. The van der Waals surface area contributed by atoms with E-state index in [1.165, 1.54) is 11.1 Å². The van der Waals surface area contributed by atoms with Gasteiger partial charge in [-0.2, -0.15) is 0 Å². The van der Waals surface area contributed by atoms with Crippen molar-refractivity contribution in [3.63, 3.8) is 0 Å². The van der Waals surface area contributed by atoms with Crippen LogP contribution in [0.15, 0.2) is 47.2 Å². The summed E-state index contributed by atoms with van der Waals surface area (Å²) < 4.78 is 6.81. The predicted molar refractivity (Wildman–Crippen MR) is 82.8 cm³/mol. The van der Waals surface area contributed by atoms with Crippen LogP contribution in [0.2, 0.25) is 0 Å². The van der Waals surface area contributed by atoms with Crippen LogP contribution in [0, 0.1) is 0 Å². The van der Waals surface area contributed by atoms with Crippen molar-refractivity contribution in [1.29, 1.82) is 0 Å². The van der Waals surface area contributed by atoms with Crippen molar-refractivity contribution >= 4 is 15.9 Å². The molecule has 0 bridgehead atoms. The van der Waals surface area contributed by atoms with E-state index in [0.29, 0.717) is 6.04 Å². The largest absolute Gasteiger partial charge is 0.493 e. The van der Waals surface area contributed by atoms with Crippen LogP contribution < -0.4 is 10.1 Å². The van der Waals surface area contributed by atoms with Gasteiger partial charge in [-0.3, -0.25) is 4.98 Å². The molecule has 1 aromatic heterocycles. The Kier molecular flexibility index (Phi) is 4.03. The molecule has 0 saturated heterocycles. The van der Waals surface area contributed by atoms with Crippen LogP contribution in [-0.4, -0.2) is 11.6 Å². The van der Waals surface area contributed by atoms with Gasteiger partial charge in [0.25, 0.3) is 0 Å². The fraction of sp³-hybridized carbons (Fsp3) is 0.312. The van der Waals surface area contributed by atoms with E-state index in [9.17, 15) is 0 Å². The van der Waals surface area contributed by atoms with Crippen molar-refractivity contribution in [3.05, 3.63) is 58.3 Å². The minimum atomic E-state index is 0.285. The van der Waals surface area contributed by atoms with Crippen LogP contribution in [0.5, 0.6) is 5.75 Å².